The lowest BCUT2D eigenvalue weighted by Crippen LogP contribution is -2.35. The van der Waals surface area contributed by atoms with Crippen LogP contribution in [0.4, 0.5) is 5.82 Å². The van der Waals surface area contributed by atoms with Crippen LogP contribution < -0.4 is 5.32 Å². The van der Waals surface area contributed by atoms with Gasteiger partial charge in [0.1, 0.15) is 5.82 Å². The van der Waals surface area contributed by atoms with Gasteiger partial charge in [0.15, 0.2) is 0 Å². The highest BCUT2D eigenvalue weighted by molar-refractivity contribution is 5.75. The second kappa shape index (κ2) is 12.5. The van der Waals surface area contributed by atoms with Crippen molar-refractivity contribution in [3.05, 3.63) is 53.5 Å². The van der Waals surface area contributed by atoms with Crippen LogP contribution in [0, 0.1) is 0 Å². The third-order valence-electron chi connectivity index (χ3n) is 6.15. The number of ether oxygens (including phenoxy) is 1. The molecule has 0 bridgehead atoms. The molecule has 3 heterocycles. The Bertz CT molecular complexity index is 846. The molecule has 3 rings (SSSR count). The summed E-state index contributed by atoms with van der Waals surface area (Å²) in [6.45, 7) is 5.47. The van der Waals surface area contributed by atoms with E-state index in [1.54, 1.807) is 25.6 Å². The number of pyridine rings is 2. The molecule has 2 aromatic heterocycles. The summed E-state index contributed by atoms with van der Waals surface area (Å²) in [6.07, 6.45) is 9.30. The number of carboxylic acid groups (broad SMARTS) is 1. The second-order valence-corrected chi connectivity index (χ2v) is 8.61. The van der Waals surface area contributed by atoms with Crippen LogP contribution in [-0.4, -0.2) is 65.3 Å². The van der Waals surface area contributed by atoms with Gasteiger partial charge in [-0.15, -0.1) is 0 Å². The van der Waals surface area contributed by atoms with E-state index in [9.17, 15) is 9.90 Å². The van der Waals surface area contributed by atoms with Gasteiger partial charge in [-0.2, -0.15) is 0 Å². The van der Waals surface area contributed by atoms with Crippen molar-refractivity contribution < 1.29 is 14.6 Å². The number of carboxylic acids is 1. The number of fused-ring (bicyclic) bond motifs is 1. The Morgan fingerprint density at radius 1 is 1.28 bits per heavy atom. The van der Waals surface area contributed by atoms with E-state index in [-0.39, 0.29) is 6.10 Å². The van der Waals surface area contributed by atoms with Gasteiger partial charge in [0.05, 0.1) is 12.0 Å². The third-order valence-corrected chi connectivity index (χ3v) is 6.15. The van der Waals surface area contributed by atoms with Crippen LogP contribution in [0.25, 0.3) is 0 Å². The zero-order valence-electron chi connectivity index (χ0n) is 19.3. The molecule has 7 nitrogen and oxygen atoms in total. The summed E-state index contributed by atoms with van der Waals surface area (Å²) in [5.41, 5.74) is 3.21. The van der Waals surface area contributed by atoms with E-state index < -0.39 is 11.9 Å². The SMILES string of the molecule is COC(C)CN(CCCCc1ccc2c(n1)NCCC2)CCC(C(=O)O)c1cccnc1. The summed E-state index contributed by atoms with van der Waals surface area (Å²) in [5, 5.41) is 13.1. The molecular weight excluding hydrogens is 404 g/mol. The van der Waals surface area contributed by atoms with Crippen LogP contribution in [0.1, 0.15) is 55.3 Å². The topological polar surface area (TPSA) is 87.6 Å². The Morgan fingerprint density at radius 3 is 2.91 bits per heavy atom. The Balaban J connectivity index is 1.50. The number of hydrogen-bond acceptors (Lipinski definition) is 6. The standard InChI is InChI=1S/C25H36N4O3/c1-19(32-2)18-29(16-12-23(25(30)31)21-8-5-13-26-17-21)15-4-3-9-22-11-10-20-7-6-14-27-24(20)28-22/h5,8,10-11,13,17,19,23H,3-4,6-7,9,12,14-16,18H2,1-2H3,(H,27,28)(H,30,31). The van der Waals surface area contributed by atoms with Crippen molar-refractivity contribution in [2.75, 3.05) is 38.6 Å². The maximum absolute atomic E-state index is 11.8. The largest absolute Gasteiger partial charge is 0.481 e. The van der Waals surface area contributed by atoms with Crippen LogP contribution in [0.2, 0.25) is 0 Å². The fourth-order valence-electron chi connectivity index (χ4n) is 4.21. The fourth-order valence-corrected chi connectivity index (χ4v) is 4.21. The van der Waals surface area contributed by atoms with E-state index in [2.05, 4.69) is 27.3 Å². The van der Waals surface area contributed by atoms with Crippen LogP contribution in [0.3, 0.4) is 0 Å². The molecule has 0 saturated carbocycles. The van der Waals surface area contributed by atoms with E-state index in [0.717, 1.165) is 62.4 Å². The fraction of sp³-hybridized carbons (Fsp3) is 0.560. The lowest BCUT2D eigenvalue weighted by atomic mass is 9.97. The summed E-state index contributed by atoms with van der Waals surface area (Å²) in [7, 11) is 1.72. The molecule has 0 amide bonds. The van der Waals surface area contributed by atoms with Crippen LogP contribution in [-0.2, 0) is 22.4 Å². The van der Waals surface area contributed by atoms with Gasteiger partial charge in [-0.05, 0) is 81.8 Å². The van der Waals surface area contributed by atoms with Crippen molar-refractivity contribution in [1.29, 1.82) is 0 Å². The lowest BCUT2D eigenvalue weighted by molar-refractivity contribution is -0.139. The zero-order valence-corrected chi connectivity index (χ0v) is 19.3. The number of hydrogen-bond donors (Lipinski definition) is 2. The highest BCUT2D eigenvalue weighted by Crippen LogP contribution is 2.21. The number of nitrogens with zero attached hydrogens (tertiary/aromatic N) is 3. The van der Waals surface area contributed by atoms with Crippen molar-refractivity contribution in [2.24, 2.45) is 0 Å². The Kier molecular flexibility index (Phi) is 9.43. The molecule has 0 aromatic carbocycles. The number of anilines is 1. The number of nitrogens with one attached hydrogen (secondary N) is 1. The van der Waals surface area contributed by atoms with Gasteiger partial charge in [0, 0.05) is 38.3 Å². The average molecular weight is 441 g/mol. The van der Waals surface area contributed by atoms with Crippen molar-refractivity contribution >= 4 is 11.8 Å². The van der Waals surface area contributed by atoms with Crippen LogP contribution >= 0.6 is 0 Å². The minimum absolute atomic E-state index is 0.102. The van der Waals surface area contributed by atoms with Crippen LogP contribution in [0.5, 0.6) is 0 Å². The number of carbonyl (C=O) groups is 1. The Morgan fingerprint density at radius 2 is 2.16 bits per heavy atom. The molecule has 174 valence electrons. The monoisotopic (exact) mass is 440 g/mol. The molecular formula is C25H36N4O3. The van der Waals surface area contributed by atoms with Gasteiger partial charge >= 0.3 is 5.97 Å². The van der Waals surface area contributed by atoms with Gasteiger partial charge in [-0.1, -0.05) is 12.1 Å². The number of aryl methyl sites for hydroxylation is 2. The molecule has 7 heteroatoms. The second-order valence-electron chi connectivity index (χ2n) is 8.61. The number of aromatic nitrogens is 2. The van der Waals surface area contributed by atoms with E-state index in [0.29, 0.717) is 13.0 Å². The quantitative estimate of drug-likeness (QED) is 0.459. The van der Waals surface area contributed by atoms with E-state index in [1.165, 1.54) is 12.0 Å². The molecule has 32 heavy (non-hydrogen) atoms. The molecule has 1 aliphatic rings. The van der Waals surface area contributed by atoms with Gasteiger partial charge in [-0.25, -0.2) is 4.98 Å². The first-order valence-corrected chi connectivity index (χ1v) is 11.7. The van der Waals surface area contributed by atoms with Crippen molar-refractivity contribution in [3.8, 4) is 0 Å². The maximum Gasteiger partial charge on any atom is 0.311 e. The smallest absolute Gasteiger partial charge is 0.311 e. The number of rotatable bonds is 13. The summed E-state index contributed by atoms with van der Waals surface area (Å²) < 4.78 is 5.46. The first-order chi connectivity index (χ1) is 15.6. The average Bonchev–Trinajstić information content (AvgIpc) is 2.82. The van der Waals surface area contributed by atoms with Crippen molar-refractivity contribution in [2.45, 2.75) is 57.5 Å². The van der Waals surface area contributed by atoms with Gasteiger partial charge in [0.2, 0.25) is 0 Å². The molecule has 2 aromatic rings. The molecule has 2 atom stereocenters. The molecule has 1 aliphatic heterocycles. The summed E-state index contributed by atoms with van der Waals surface area (Å²) in [4.78, 5) is 23.0. The van der Waals surface area contributed by atoms with Gasteiger partial charge in [-0.3, -0.25) is 9.78 Å². The molecule has 2 N–H and O–H groups in total. The normalized spacial score (nSPS) is 15.1. The Labute approximate surface area is 191 Å². The van der Waals surface area contributed by atoms with Gasteiger partial charge < -0.3 is 20.1 Å². The zero-order chi connectivity index (χ0) is 22.8. The Hall–Kier alpha value is -2.51. The number of unbranched alkanes of at least 4 members (excludes halogenated alkanes) is 1. The predicted octanol–water partition coefficient (Wildman–Crippen LogP) is 3.75. The summed E-state index contributed by atoms with van der Waals surface area (Å²) >= 11 is 0. The number of aliphatic carboxylic acids is 1. The predicted molar refractivity (Wildman–Crippen MR) is 126 cm³/mol. The summed E-state index contributed by atoms with van der Waals surface area (Å²) in [5.74, 6) is -0.291. The maximum atomic E-state index is 11.8. The minimum atomic E-state index is -0.801. The van der Waals surface area contributed by atoms with E-state index in [4.69, 9.17) is 9.72 Å². The first-order valence-electron chi connectivity index (χ1n) is 11.7. The molecule has 2 unspecified atom stereocenters. The van der Waals surface area contributed by atoms with Crippen molar-refractivity contribution in [1.82, 2.24) is 14.9 Å². The van der Waals surface area contributed by atoms with Gasteiger partial charge in [0.25, 0.3) is 0 Å². The first kappa shape index (κ1) is 24.1. The summed E-state index contributed by atoms with van der Waals surface area (Å²) in [6, 6.07) is 8.00. The highest BCUT2D eigenvalue weighted by Gasteiger charge is 2.21. The van der Waals surface area contributed by atoms with Crippen molar-refractivity contribution in [3.63, 3.8) is 0 Å². The molecule has 0 fully saturated rings. The molecule has 0 saturated heterocycles. The van der Waals surface area contributed by atoms with E-state index in [1.807, 2.05) is 13.0 Å². The highest BCUT2D eigenvalue weighted by atomic mass is 16.5. The molecule has 0 spiro atoms. The minimum Gasteiger partial charge on any atom is -0.481 e. The number of methoxy groups -OCH3 is 1. The molecule has 0 radical (unpaired) electrons. The lowest BCUT2D eigenvalue weighted by Gasteiger charge is -2.26. The molecule has 0 aliphatic carbocycles. The van der Waals surface area contributed by atoms with E-state index >= 15 is 0 Å². The van der Waals surface area contributed by atoms with Crippen LogP contribution in [0.15, 0.2) is 36.7 Å². The third kappa shape index (κ3) is 7.28.